The number of hydrogen-bond donors (Lipinski definition) is 3. The highest BCUT2D eigenvalue weighted by molar-refractivity contribution is 5.77. The van der Waals surface area contributed by atoms with Gasteiger partial charge in [-0.2, -0.15) is 0 Å². The molecule has 0 aliphatic rings. The van der Waals surface area contributed by atoms with E-state index >= 15 is 0 Å². The smallest absolute Gasteiger partial charge is 0.233 e. The first kappa shape index (κ1) is 12.4. The van der Waals surface area contributed by atoms with Crippen LogP contribution in [0.25, 0.3) is 0 Å². The largest absolute Gasteiger partial charge is 0.396 e. The van der Waals surface area contributed by atoms with Crippen molar-refractivity contribution < 1.29 is 9.90 Å². The number of nitrogens with one attached hydrogen (secondary N) is 2. The molecule has 0 aliphatic carbocycles. The van der Waals surface area contributed by atoms with Crippen LogP contribution in [-0.4, -0.2) is 36.8 Å². The van der Waals surface area contributed by atoms with Crippen molar-refractivity contribution in [3.63, 3.8) is 0 Å². The Morgan fingerprint density at radius 2 is 2.23 bits per heavy atom. The Hall–Kier alpha value is -0.610. The molecule has 1 amide bonds. The van der Waals surface area contributed by atoms with Gasteiger partial charge in [0.05, 0.1) is 6.54 Å². The Morgan fingerprint density at radius 3 is 2.77 bits per heavy atom. The summed E-state index contributed by atoms with van der Waals surface area (Å²) in [5.74, 6) is 0.0262. The Morgan fingerprint density at radius 1 is 1.54 bits per heavy atom. The van der Waals surface area contributed by atoms with Crippen LogP contribution >= 0.6 is 0 Å². The Kier molecular flexibility index (Phi) is 7.63. The second kappa shape index (κ2) is 8.01. The third-order valence-electron chi connectivity index (χ3n) is 1.78. The average Bonchev–Trinajstić information content (AvgIpc) is 2.12. The minimum atomic E-state index is 0.0262. The number of carbonyl (C=O) groups excluding carboxylic acids is 1. The van der Waals surface area contributed by atoms with E-state index in [-0.39, 0.29) is 18.6 Å². The highest BCUT2D eigenvalue weighted by Gasteiger charge is 2.03. The molecule has 13 heavy (non-hydrogen) atoms. The molecule has 0 rings (SSSR count). The van der Waals surface area contributed by atoms with Crippen molar-refractivity contribution in [2.24, 2.45) is 0 Å². The van der Waals surface area contributed by atoms with Crippen LogP contribution in [0.15, 0.2) is 0 Å². The van der Waals surface area contributed by atoms with Gasteiger partial charge in [-0.05, 0) is 26.7 Å². The molecule has 0 saturated heterocycles. The first-order chi connectivity index (χ1) is 6.20. The van der Waals surface area contributed by atoms with Crippen molar-refractivity contribution in [1.29, 1.82) is 0 Å². The summed E-state index contributed by atoms with van der Waals surface area (Å²) < 4.78 is 0. The lowest BCUT2D eigenvalue weighted by Crippen LogP contribution is -2.37. The zero-order valence-corrected chi connectivity index (χ0v) is 8.47. The SMILES string of the molecule is CCNC(=O)CNC(C)CCCO. The zero-order valence-electron chi connectivity index (χ0n) is 8.47. The molecule has 0 aromatic carbocycles. The van der Waals surface area contributed by atoms with E-state index in [2.05, 4.69) is 10.6 Å². The minimum absolute atomic E-state index is 0.0262. The fourth-order valence-corrected chi connectivity index (χ4v) is 1.03. The summed E-state index contributed by atoms with van der Waals surface area (Å²) in [6.07, 6.45) is 1.68. The molecule has 0 radical (unpaired) electrons. The van der Waals surface area contributed by atoms with Gasteiger partial charge in [-0.3, -0.25) is 4.79 Å². The van der Waals surface area contributed by atoms with Crippen molar-refractivity contribution >= 4 is 5.91 Å². The van der Waals surface area contributed by atoms with E-state index in [1.807, 2.05) is 13.8 Å². The molecule has 4 nitrogen and oxygen atoms in total. The van der Waals surface area contributed by atoms with E-state index in [0.29, 0.717) is 13.1 Å². The van der Waals surface area contributed by atoms with E-state index in [1.54, 1.807) is 0 Å². The number of likely N-dealkylation sites (N-methyl/N-ethyl adjacent to an activating group) is 1. The first-order valence-corrected chi connectivity index (χ1v) is 4.81. The van der Waals surface area contributed by atoms with Gasteiger partial charge in [0.15, 0.2) is 0 Å². The summed E-state index contributed by atoms with van der Waals surface area (Å²) in [7, 11) is 0. The van der Waals surface area contributed by atoms with E-state index in [4.69, 9.17) is 5.11 Å². The van der Waals surface area contributed by atoms with Gasteiger partial charge in [0.2, 0.25) is 5.91 Å². The molecule has 4 heteroatoms. The van der Waals surface area contributed by atoms with Crippen molar-refractivity contribution in [3.8, 4) is 0 Å². The molecule has 1 atom stereocenters. The van der Waals surface area contributed by atoms with Gasteiger partial charge < -0.3 is 15.7 Å². The summed E-state index contributed by atoms with van der Waals surface area (Å²) >= 11 is 0. The molecule has 0 heterocycles. The number of aliphatic hydroxyl groups excluding tert-OH is 1. The third-order valence-corrected chi connectivity index (χ3v) is 1.78. The van der Waals surface area contributed by atoms with Gasteiger partial charge in [-0.1, -0.05) is 0 Å². The van der Waals surface area contributed by atoms with Crippen LogP contribution in [0.4, 0.5) is 0 Å². The second-order valence-electron chi connectivity index (χ2n) is 3.10. The van der Waals surface area contributed by atoms with Crippen LogP contribution in [0.1, 0.15) is 26.7 Å². The van der Waals surface area contributed by atoms with Crippen LogP contribution in [0.5, 0.6) is 0 Å². The van der Waals surface area contributed by atoms with Gasteiger partial charge in [-0.15, -0.1) is 0 Å². The Bertz CT molecular complexity index is 140. The quantitative estimate of drug-likeness (QED) is 0.521. The molecular formula is C9H20N2O2. The van der Waals surface area contributed by atoms with E-state index in [1.165, 1.54) is 0 Å². The monoisotopic (exact) mass is 188 g/mol. The molecule has 0 bridgehead atoms. The van der Waals surface area contributed by atoms with Crippen LogP contribution in [0, 0.1) is 0 Å². The van der Waals surface area contributed by atoms with E-state index in [9.17, 15) is 4.79 Å². The highest BCUT2D eigenvalue weighted by atomic mass is 16.2. The van der Waals surface area contributed by atoms with Crippen molar-refractivity contribution in [1.82, 2.24) is 10.6 Å². The maximum absolute atomic E-state index is 11.0. The first-order valence-electron chi connectivity index (χ1n) is 4.81. The summed E-state index contributed by atoms with van der Waals surface area (Å²) in [5, 5.41) is 14.4. The lowest BCUT2D eigenvalue weighted by Gasteiger charge is -2.12. The summed E-state index contributed by atoms with van der Waals surface area (Å²) in [4.78, 5) is 11.0. The van der Waals surface area contributed by atoms with Crippen molar-refractivity contribution in [2.45, 2.75) is 32.7 Å². The second-order valence-corrected chi connectivity index (χ2v) is 3.10. The van der Waals surface area contributed by atoms with Gasteiger partial charge in [0.1, 0.15) is 0 Å². The van der Waals surface area contributed by atoms with Crippen LogP contribution in [-0.2, 0) is 4.79 Å². The van der Waals surface area contributed by atoms with Crippen LogP contribution < -0.4 is 10.6 Å². The normalized spacial score (nSPS) is 12.5. The number of aliphatic hydroxyl groups is 1. The molecule has 0 spiro atoms. The molecular weight excluding hydrogens is 168 g/mol. The molecule has 0 saturated carbocycles. The summed E-state index contributed by atoms with van der Waals surface area (Å²) in [6, 6.07) is 0.287. The maximum atomic E-state index is 11.0. The molecule has 0 aromatic heterocycles. The van der Waals surface area contributed by atoms with E-state index in [0.717, 1.165) is 12.8 Å². The number of carbonyl (C=O) groups is 1. The van der Waals surface area contributed by atoms with Crippen molar-refractivity contribution in [2.75, 3.05) is 19.7 Å². The molecule has 0 aliphatic heterocycles. The van der Waals surface area contributed by atoms with Gasteiger partial charge >= 0.3 is 0 Å². The third kappa shape index (κ3) is 7.74. The molecule has 1 unspecified atom stereocenters. The van der Waals surface area contributed by atoms with Crippen molar-refractivity contribution in [3.05, 3.63) is 0 Å². The fourth-order valence-electron chi connectivity index (χ4n) is 1.03. The lowest BCUT2D eigenvalue weighted by molar-refractivity contribution is -0.120. The predicted octanol–water partition coefficient (Wildman–Crippen LogP) is -0.127. The molecule has 0 aromatic rings. The molecule has 78 valence electrons. The summed E-state index contributed by atoms with van der Waals surface area (Å²) in [6.45, 7) is 5.15. The predicted molar refractivity (Wildman–Crippen MR) is 52.5 cm³/mol. The van der Waals surface area contributed by atoms with Gasteiger partial charge in [0, 0.05) is 19.2 Å². The Labute approximate surface area is 79.7 Å². The van der Waals surface area contributed by atoms with E-state index < -0.39 is 0 Å². The number of rotatable bonds is 7. The number of hydrogen-bond acceptors (Lipinski definition) is 3. The average molecular weight is 188 g/mol. The maximum Gasteiger partial charge on any atom is 0.233 e. The molecule has 3 N–H and O–H groups in total. The summed E-state index contributed by atoms with van der Waals surface area (Å²) in [5.41, 5.74) is 0. The van der Waals surface area contributed by atoms with Gasteiger partial charge in [-0.25, -0.2) is 0 Å². The number of amides is 1. The van der Waals surface area contributed by atoms with Gasteiger partial charge in [0.25, 0.3) is 0 Å². The standard InChI is InChI=1S/C9H20N2O2/c1-3-10-9(13)7-11-8(2)5-4-6-12/h8,11-12H,3-7H2,1-2H3,(H,10,13). The zero-order chi connectivity index (χ0) is 10.1. The lowest BCUT2D eigenvalue weighted by atomic mass is 10.2. The molecule has 0 fully saturated rings. The topological polar surface area (TPSA) is 61.4 Å². The minimum Gasteiger partial charge on any atom is -0.396 e. The highest BCUT2D eigenvalue weighted by Crippen LogP contribution is 1.93. The Balaban J connectivity index is 3.34. The van der Waals surface area contributed by atoms with Crippen LogP contribution in [0.3, 0.4) is 0 Å². The fraction of sp³-hybridized carbons (Fsp3) is 0.889. The van der Waals surface area contributed by atoms with Crippen LogP contribution in [0.2, 0.25) is 0 Å².